The third-order valence-corrected chi connectivity index (χ3v) is 3.47. The first-order valence-corrected chi connectivity index (χ1v) is 7.04. The maximum atomic E-state index is 13.6. The Hall–Kier alpha value is -1.74. The molecule has 2 nitrogen and oxygen atoms in total. The second-order valence-corrected chi connectivity index (χ2v) is 5.09. The molecule has 0 amide bonds. The highest BCUT2D eigenvalue weighted by molar-refractivity contribution is 5.37. The van der Waals surface area contributed by atoms with Crippen molar-refractivity contribution in [3.05, 3.63) is 64.7 Å². The molecule has 20 heavy (non-hydrogen) atoms. The summed E-state index contributed by atoms with van der Waals surface area (Å²) in [6, 6.07) is 8.83. The topological polar surface area (TPSA) is 24.9 Å². The van der Waals surface area contributed by atoms with Crippen LogP contribution in [0.25, 0.3) is 0 Å². The molecule has 2 rings (SSSR count). The van der Waals surface area contributed by atoms with Gasteiger partial charge in [-0.05, 0) is 61.7 Å². The molecule has 1 aromatic carbocycles. The van der Waals surface area contributed by atoms with Crippen LogP contribution in [0.3, 0.4) is 0 Å². The van der Waals surface area contributed by atoms with Crippen LogP contribution in [0.2, 0.25) is 0 Å². The first kappa shape index (κ1) is 14.7. The Balaban J connectivity index is 2.47. The van der Waals surface area contributed by atoms with E-state index in [1.807, 2.05) is 32.0 Å². The van der Waals surface area contributed by atoms with Gasteiger partial charge in [0.05, 0.1) is 11.7 Å². The van der Waals surface area contributed by atoms with Crippen molar-refractivity contribution in [1.29, 1.82) is 0 Å². The SMILES string of the molecule is CCCNC(c1cc(F)ccc1C)c1ncccc1C. The number of pyridine rings is 1. The van der Waals surface area contributed by atoms with E-state index in [9.17, 15) is 4.39 Å². The summed E-state index contributed by atoms with van der Waals surface area (Å²) in [5.41, 5.74) is 4.12. The van der Waals surface area contributed by atoms with Crippen molar-refractivity contribution < 1.29 is 4.39 Å². The Morgan fingerprint density at radius 2 is 2.00 bits per heavy atom. The van der Waals surface area contributed by atoms with E-state index in [4.69, 9.17) is 0 Å². The zero-order valence-electron chi connectivity index (χ0n) is 12.3. The normalized spacial score (nSPS) is 12.4. The molecule has 0 aliphatic carbocycles. The number of halogens is 1. The van der Waals surface area contributed by atoms with Gasteiger partial charge in [0.25, 0.3) is 0 Å². The highest BCUT2D eigenvalue weighted by atomic mass is 19.1. The van der Waals surface area contributed by atoms with E-state index in [1.54, 1.807) is 12.3 Å². The molecule has 0 spiro atoms. The number of hydrogen-bond acceptors (Lipinski definition) is 2. The van der Waals surface area contributed by atoms with Gasteiger partial charge in [-0.15, -0.1) is 0 Å². The van der Waals surface area contributed by atoms with Crippen LogP contribution in [0.15, 0.2) is 36.5 Å². The average Bonchev–Trinajstić information content (AvgIpc) is 2.44. The van der Waals surface area contributed by atoms with Crippen molar-refractivity contribution in [1.82, 2.24) is 10.3 Å². The van der Waals surface area contributed by atoms with Crippen molar-refractivity contribution in [2.75, 3.05) is 6.54 Å². The van der Waals surface area contributed by atoms with Gasteiger partial charge >= 0.3 is 0 Å². The van der Waals surface area contributed by atoms with Crippen molar-refractivity contribution in [2.45, 2.75) is 33.2 Å². The van der Waals surface area contributed by atoms with Gasteiger partial charge in [-0.2, -0.15) is 0 Å². The molecule has 0 fully saturated rings. The number of nitrogens with zero attached hydrogens (tertiary/aromatic N) is 1. The molecule has 1 aromatic heterocycles. The molecule has 0 saturated carbocycles. The lowest BCUT2D eigenvalue weighted by molar-refractivity contribution is 0.571. The second kappa shape index (κ2) is 6.62. The molecule has 106 valence electrons. The Morgan fingerprint density at radius 3 is 2.70 bits per heavy atom. The number of aryl methyl sites for hydroxylation is 2. The minimum Gasteiger partial charge on any atom is -0.305 e. The highest BCUT2D eigenvalue weighted by Gasteiger charge is 2.19. The van der Waals surface area contributed by atoms with Crippen LogP contribution >= 0.6 is 0 Å². The molecule has 3 heteroatoms. The maximum Gasteiger partial charge on any atom is 0.123 e. The van der Waals surface area contributed by atoms with E-state index in [1.165, 1.54) is 6.07 Å². The summed E-state index contributed by atoms with van der Waals surface area (Å²) in [4.78, 5) is 4.49. The van der Waals surface area contributed by atoms with Crippen LogP contribution in [-0.4, -0.2) is 11.5 Å². The van der Waals surface area contributed by atoms with E-state index >= 15 is 0 Å². The Labute approximate surface area is 120 Å². The molecule has 1 unspecified atom stereocenters. The number of rotatable bonds is 5. The fourth-order valence-corrected chi connectivity index (χ4v) is 2.37. The van der Waals surface area contributed by atoms with Crippen LogP contribution in [0.4, 0.5) is 4.39 Å². The summed E-state index contributed by atoms with van der Waals surface area (Å²) >= 11 is 0. The molecular weight excluding hydrogens is 251 g/mol. The Kier molecular flexibility index (Phi) is 4.85. The maximum absolute atomic E-state index is 13.6. The Bertz CT molecular complexity index is 581. The van der Waals surface area contributed by atoms with Crippen LogP contribution in [0.1, 0.15) is 41.8 Å². The van der Waals surface area contributed by atoms with Crippen LogP contribution < -0.4 is 5.32 Å². The molecule has 1 atom stereocenters. The summed E-state index contributed by atoms with van der Waals surface area (Å²) < 4.78 is 13.6. The second-order valence-electron chi connectivity index (χ2n) is 5.09. The number of benzene rings is 1. The van der Waals surface area contributed by atoms with Crippen molar-refractivity contribution in [2.24, 2.45) is 0 Å². The average molecular weight is 272 g/mol. The highest BCUT2D eigenvalue weighted by Crippen LogP contribution is 2.26. The van der Waals surface area contributed by atoms with E-state index in [0.717, 1.165) is 35.3 Å². The van der Waals surface area contributed by atoms with Gasteiger partial charge in [-0.25, -0.2) is 4.39 Å². The van der Waals surface area contributed by atoms with E-state index in [-0.39, 0.29) is 11.9 Å². The molecule has 1 N–H and O–H groups in total. The zero-order chi connectivity index (χ0) is 14.5. The minimum atomic E-state index is -0.206. The number of nitrogens with one attached hydrogen (secondary N) is 1. The van der Waals surface area contributed by atoms with Gasteiger partial charge in [-0.1, -0.05) is 19.1 Å². The van der Waals surface area contributed by atoms with Crippen molar-refractivity contribution in [3.8, 4) is 0 Å². The van der Waals surface area contributed by atoms with E-state index in [0.29, 0.717) is 0 Å². The molecular formula is C17H21FN2. The molecule has 0 aliphatic rings. The summed E-state index contributed by atoms with van der Waals surface area (Å²) in [5, 5.41) is 3.48. The summed E-state index contributed by atoms with van der Waals surface area (Å²) in [7, 11) is 0. The molecule has 1 heterocycles. The van der Waals surface area contributed by atoms with Crippen LogP contribution in [0.5, 0.6) is 0 Å². The molecule has 2 aromatic rings. The summed E-state index contributed by atoms with van der Waals surface area (Å²) in [6.45, 7) is 7.04. The van der Waals surface area contributed by atoms with Crippen LogP contribution in [-0.2, 0) is 0 Å². The fourth-order valence-electron chi connectivity index (χ4n) is 2.37. The van der Waals surface area contributed by atoms with E-state index in [2.05, 4.69) is 17.2 Å². The quantitative estimate of drug-likeness (QED) is 0.892. The predicted octanol–water partition coefficient (Wildman–Crippen LogP) is 3.93. The molecule has 0 aliphatic heterocycles. The van der Waals surface area contributed by atoms with E-state index < -0.39 is 0 Å². The molecule has 0 radical (unpaired) electrons. The molecule has 0 bridgehead atoms. The Morgan fingerprint density at radius 1 is 1.20 bits per heavy atom. The first-order chi connectivity index (χ1) is 9.63. The zero-order valence-corrected chi connectivity index (χ0v) is 12.3. The van der Waals surface area contributed by atoms with Gasteiger partial charge in [0.15, 0.2) is 0 Å². The van der Waals surface area contributed by atoms with Gasteiger partial charge in [0, 0.05) is 6.20 Å². The predicted molar refractivity (Wildman–Crippen MR) is 80.2 cm³/mol. The van der Waals surface area contributed by atoms with Crippen LogP contribution in [0, 0.1) is 19.7 Å². The third-order valence-electron chi connectivity index (χ3n) is 3.47. The summed E-state index contributed by atoms with van der Waals surface area (Å²) in [6.07, 6.45) is 2.81. The lowest BCUT2D eigenvalue weighted by Gasteiger charge is -2.22. The lowest BCUT2D eigenvalue weighted by Crippen LogP contribution is -2.25. The fraction of sp³-hybridized carbons (Fsp3) is 0.353. The van der Waals surface area contributed by atoms with Crippen molar-refractivity contribution in [3.63, 3.8) is 0 Å². The number of aromatic nitrogens is 1. The smallest absolute Gasteiger partial charge is 0.123 e. The summed E-state index contributed by atoms with van der Waals surface area (Å²) in [5.74, 6) is -0.206. The number of hydrogen-bond donors (Lipinski definition) is 1. The monoisotopic (exact) mass is 272 g/mol. The largest absolute Gasteiger partial charge is 0.305 e. The third kappa shape index (κ3) is 3.23. The van der Waals surface area contributed by atoms with Gasteiger partial charge < -0.3 is 5.32 Å². The molecule has 0 saturated heterocycles. The lowest BCUT2D eigenvalue weighted by atomic mass is 9.95. The standard InChI is InChI=1S/C17H21FN2/c1-4-9-19-17(16-13(3)6-5-10-20-16)15-11-14(18)8-7-12(15)2/h5-8,10-11,17,19H,4,9H2,1-3H3. The van der Waals surface area contributed by atoms with Crippen molar-refractivity contribution >= 4 is 0 Å². The van der Waals surface area contributed by atoms with Gasteiger partial charge in [0.2, 0.25) is 0 Å². The van der Waals surface area contributed by atoms with Gasteiger partial charge in [0.1, 0.15) is 5.82 Å². The van der Waals surface area contributed by atoms with Gasteiger partial charge in [-0.3, -0.25) is 4.98 Å². The minimum absolute atomic E-state index is 0.0631. The first-order valence-electron chi connectivity index (χ1n) is 7.04.